The summed E-state index contributed by atoms with van der Waals surface area (Å²) in [5.41, 5.74) is 2.24. The first-order chi connectivity index (χ1) is 8.36. The predicted octanol–water partition coefficient (Wildman–Crippen LogP) is 1.75. The summed E-state index contributed by atoms with van der Waals surface area (Å²) in [6.07, 6.45) is 3.13. The number of ether oxygens (including phenoxy) is 1. The van der Waals surface area contributed by atoms with Gasteiger partial charge in [-0.25, -0.2) is 0 Å². The van der Waals surface area contributed by atoms with E-state index < -0.39 is 0 Å². The Morgan fingerprint density at radius 3 is 2.53 bits per heavy atom. The average molecular weight is 231 g/mol. The topological polar surface area (TPSA) is 29.5 Å². The standard InChI is InChI=1S/C14H17NO2/c16-11-14(5-6-14)12-3-1-2-4-13(12)15-7-9-17-10-8-15/h1-4,11H,5-10H2. The molecule has 1 heterocycles. The van der Waals surface area contributed by atoms with Crippen LogP contribution in [0.15, 0.2) is 24.3 Å². The van der Waals surface area contributed by atoms with Gasteiger partial charge in [0.25, 0.3) is 0 Å². The van der Waals surface area contributed by atoms with Gasteiger partial charge >= 0.3 is 0 Å². The van der Waals surface area contributed by atoms with E-state index in [0.29, 0.717) is 0 Å². The number of para-hydroxylation sites is 1. The number of anilines is 1. The highest BCUT2D eigenvalue weighted by atomic mass is 16.5. The third-order valence-electron chi connectivity index (χ3n) is 3.81. The second kappa shape index (κ2) is 4.15. The van der Waals surface area contributed by atoms with Crippen molar-refractivity contribution in [2.75, 3.05) is 31.2 Å². The summed E-state index contributed by atoms with van der Waals surface area (Å²) in [7, 11) is 0. The van der Waals surface area contributed by atoms with Crippen molar-refractivity contribution in [3.05, 3.63) is 29.8 Å². The van der Waals surface area contributed by atoms with E-state index in [1.165, 1.54) is 11.3 Å². The van der Waals surface area contributed by atoms with E-state index in [-0.39, 0.29) is 5.41 Å². The van der Waals surface area contributed by atoms with Crippen molar-refractivity contribution in [3.8, 4) is 0 Å². The number of hydrogen-bond acceptors (Lipinski definition) is 3. The number of morpholine rings is 1. The third-order valence-corrected chi connectivity index (χ3v) is 3.81. The molecule has 1 aromatic carbocycles. The molecular weight excluding hydrogens is 214 g/mol. The number of rotatable bonds is 3. The fourth-order valence-electron chi connectivity index (χ4n) is 2.56. The highest BCUT2D eigenvalue weighted by Gasteiger charge is 2.46. The molecule has 0 unspecified atom stereocenters. The molecule has 1 aliphatic heterocycles. The van der Waals surface area contributed by atoms with Gasteiger partial charge in [-0.05, 0) is 24.5 Å². The highest BCUT2D eigenvalue weighted by Crippen LogP contribution is 2.49. The Bertz CT molecular complexity index is 420. The van der Waals surface area contributed by atoms with Crippen LogP contribution in [0.5, 0.6) is 0 Å². The third kappa shape index (κ3) is 1.84. The molecule has 0 N–H and O–H groups in total. The minimum atomic E-state index is -0.186. The van der Waals surface area contributed by atoms with Crippen LogP contribution in [0.25, 0.3) is 0 Å². The normalized spacial score (nSPS) is 22.2. The van der Waals surface area contributed by atoms with Crippen molar-refractivity contribution in [1.29, 1.82) is 0 Å². The van der Waals surface area contributed by atoms with Gasteiger partial charge in [0.15, 0.2) is 0 Å². The molecular formula is C14H17NO2. The first kappa shape index (κ1) is 10.8. The lowest BCUT2D eigenvalue weighted by atomic mass is 9.95. The summed E-state index contributed by atoms with van der Waals surface area (Å²) in [6, 6.07) is 8.31. The van der Waals surface area contributed by atoms with Crippen molar-refractivity contribution in [1.82, 2.24) is 0 Å². The maximum absolute atomic E-state index is 11.3. The quantitative estimate of drug-likeness (QED) is 0.742. The zero-order valence-corrected chi connectivity index (χ0v) is 9.89. The number of carbonyl (C=O) groups excluding carboxylic acids is 1. The summed E-state index contributed by atoms with van der Waals surface area (Å²) in [6.45, 7) is 3.41. The first-order valence-electron chi connectivity index (χ1n) is 6.24. The monoisotopic (exact) mass is 231 g/mol. The van der Waals surface area contributed by atoms with E-state index in [1.807, 2.05) is 6.07 Å². The fourth-order valence-corrected chi connectivity index (χ4v) is 2.56. The van der Waals surface area contributed by atoms with Gasteiger partial charge in [0.05, 0.1) is 18.6 Å². The SMILES string of the molecule is O=CC1(c2ccccc2N2CCOCC2)CC1. The fraction of sp³-hybridized carbons (Fsp3) is 0.500. The van der Waals surface area contributed by atoms with Gasteiger partial charge in [0, 0.05) is 18.8 Å². The Kier molecular flexibility index (Phi) is 2.63. The summed E-state index contributed by atoms with van der Waals surface area (Å²) in [4.78, 5) is 13.6. The van der Waals surface area contributed by atoms with Crippen LogP contribution in [-0.2, 0) is 14.9 Å². The minimum Gasteiger partial charge on any atom is -0.378 e. The van der Waals surface area contributed by atoms with Crippen LogP contribution in [0.4, 0.5) is 5.69 Å². The molecule has 3 rings (SSSR count). The van der Waals surface area contributed by atoms with Gasteiger partial charge in [-0.15, -0.1) is 0 Å². The van der Waals surface area contributed by atoms with Crippen molar-refractivity contribution in [2.45, 2.75) is 18.3 Å². The summed E-state index contributed by atoms with van der Waals surface area (Å²) in [5.74, 6) is 0. The van der Waals surface area contributed by atoms with Crippen molar-refractivity contribution >= 4 is 12.0 Å². The molecule has 0 spiro atoms. The Labute approximate surface area is 101 Å². The second-order valence-corrected chi connectivity index (χ2v) is 4.89. The Morgan fingerprint density at radius 1 is 1.18 bits per heavy atom. The lowest BCUT2D eigenvalue weighted by Crippen LogP contribution is -2.37. The summed E-state index contributed by atoms with van der Waals surface area (Å²) >= 11 is 0. The van der Waals surface area contributed by atoms with Gasteiger partial charge in [-0.1, -0.05) is 18.2 Å². The smallest absolute Gasteiger partial charge is 0.130 e. The number of hydrogen-bond donors (Lipinski definition) is 0. The van der Waals surface area contributed by atoms with E-state index in [2.05, 4.69) is 23.1 Å². The van der Waals surface area contributed by atoms with Crippen molar-refractivity contribution < 1.29 is 9.53 Å². The molecule has 90 valence electrons. The minimum absolute atomic E-state index is 0.186. The lowest BCUT2D eigenvalue weighted by molar-refractivity contribution is -0.109. The van der Waals surface area contributed by atoms with Gasteiger partial charge in [-0.3, -0.25) is 0 Å². The first-order valence-corrected chi connectivity index (χ1v) is 6.24. The van der Waals surface area contributed by atoms with Gasteiger partial charge < -0.3 is 14.4 Å². The van der Waals surface area contributed by atoms with Crippen LogP contribution in [0.2, 0.25) is 0 Å². The van der Waals surface area contributed by atoms with E-state index >= 15 is 0 Å². The zero-order valence-electron chi connectivity index (χ0n) is 9.89. The molecule has 0 amide bonds. The number of benzene rings is 1. The van der Waals surface area contributed by atoms with Crippen LogP contribution >= 0.6 is 0 Å². The Hall–Kier alpha value is -1.35. The Balaban J connectivity index is 1.95. The molecule has 1 saturated carbocycles. The molecule has 17 heavy (non-hydrogen) atoms. The molecule has 3 heteroatoms. The number of aldehydes is 1. The highest BCUT2D eigenvalue weighted by molar-refractivity contribution is 5.78. The van der Waals surface area contributed by atoms with Crippen molar-refractivity contribution in [2.24, 2.45) is 0 Å². The van der Waals surface area contributed by atoms with E-state index in [0.717, 1.165) is 45.4 Å². The van der Waals surface area contributed by atoms with Crippen LogP contribution < -0.4 is 4.90 Å². The maximum Gasteiger partial charge on any atom is 0.130 e. The van der Waals surface area contributed by atoms with E-state index in [9.17, 15) is 4.79 Å². The van der Waals surface area contributed by atoms with Crippen LogP contribution in [0.3, 0.4) is 0 Å². The maximum atomic E-state index is 11.3. The van der Waals surface area contributed by atoms with Crippen LogP contribution in [-0.4, -0.2) is 32.6 Å². The molecule has 2 aliphatic rings. The molecule has 0 radical (unpaired) electrons. The molecule has 0 bridgehead atoms. The van der Waals surface area contributed by atoms with E-state index in [1.54, 1.807) is 0 Å². The molecule has 0 aromatic heterocycles. The molecule has 2 fully saturated rings. The predicted molar refractivity (Wildman–Crippen MR) is 66.5 cm³/mol. The Morgan fingerprint density at radius 2 is 1.88 bits per heavy atom. The van der Waals surface area contributed by atoms with Gasteiger partial charge in [0.2, 0.25) is 0 Å². The molecule has 1 saturated heterocycles. The van der Waals surface area contributed by atoms with E-state index in [4.69, 9.17) is 4.74 Å². The lowest BCUT2D eigenvalue weighted by Gasteiger charge is -2.31. The zero-order chi connectivity index (χ0) is 11.7. The van der Waals surface area contributed by atoms with Crippen LogP contribution in [0, 0.1) is 0 Å². The molecule has 0 atom stereocenters. The van der Waals surface area contributed by atoms with Gasteiger partial charge in [-0.2, -0.15) is 0 Å². The summed E-state index contributed by atoms with van der Waals surface area (Å²) < 4.78 is 5.38. The molecule has 1 aromatic rings. The number of carbonyl (C=O) groups is 1. The molecule has 1 aliphatic carbocycles. The largest absolute Gasteiger partial charge is 0.378 e. The average Bonchev–Trinajstić information content (AvgIpc) is 3.21. The van der Waals surface area contributed by atoms with Gasteiger partial charge in [0.1, 0.15) is 6.29 Å². The molecule has 3 nitrogen and oxygen atoms in total. The second-order valence-electron chi connectivity index (χ2n) is 4.89. The number of nitrogens with zero attached hydrogens (tertiary/aromatic N) is 1. The summed E-state index contributed by atoms with van der Waals surface area (Å²) in [5, 5.41) is 0. The van der Waals surface area contributed by atoms with Crippen LogP contribution in [0.1, 0.15) is 18.4 Å². The van der Waals surface area contributed by atoms with Crippen molar-refractivity contribution in [3.63, 3.8) is 0 Å².